The van der Waals surface area contributed by atoms with Gasteiger partial charge in [0.05, 0.1) is 17.4 Å². The predicted octanol–water partition coefficient (Wildman–Crippen LogP) is 2.16. The Labute approximate surface area is 112 Å². The van der Waals surface area contributed by atoms with Gasteiger partial charge in [-0.3, -0.25) is 4.79 Å². The monoisotopic (exact) mass is 281 g/mol. The molecule has 0 N–H and O–H groups in total. The van der Waals surface area contributed by atoms with Crippen LogP contribution in [0.5, 0.6) is 5.75 Å². The van der Waals surface area contributed by atoms with Crippen molar-refractivity contribution in [3.63, 3.8) is 0 Å². The number of halogens is 1. The van der Waals surface area contributed by atoms with Gasteiger partial charge in [-0.2, -0.15) is 0 Å². The Bertz CT molecular complexity index is 609. The van der Waals surface area contributed by atoms with Crippen LogP contribution in [-0.2, 0) is 0 Å². The highest BCUT2D eigenvalue weighted by atomic mass is 35.5. The molecular weight excluding hydrogens is 274 g/mol. The average Bonchev–Trinajstić information content (AvgIpc) is 2.87. The Hall–Kier alpha value is -2.41. The van der Waals surface area contributed by atoms with Gasteiger partial charge in [0, 0.05) is 5.02 Å². The molecule has 7 nitrogen and oxygen atoms in total. The van der Waals surface area contributed by atoms with E-state index in [1.165, 1.54) is 6.20 Å². The summed E-state index contributed by atoms with van der Waals surface area (Å²) >= 11 is 5.70. The first kappa shape index (κ1) is 13.0. The molecule has 0 fully saturated rings. The van der Waals surface area contributed by atoms with E-state index >= 15 is 0 Å². The fourth-order valence-electron chi connectivity index (χ4n) is 1.29. The van der Waals surface area contributed by atoms with Crippen molar-refractivity contribution in [1.29, 1.82) is 0 Å². The molecule has 0 aliphatic carbocycles. The second-order valence-corrected chi connectivity index (χ2v) is 3.95. The molecule has 1 aromatic heterocycles. The Morgan fingerprint density at radius 3 is 2.63 bits per heavy atom. The third-order valence-electron chi connectivity index (χ3n) is 2.19. The molecule has 0 spiro atoms. The lowest BCUT2D eigenvalue weighted by molar-refractivity contribution is -0.389. The largest absolute Gasteiger partial charge is 0.484 e. The number of rotatable bonds is 4. The Kier molecular flexibility index (Phi) is 3.76. The number of benzene rings is 1. The Morgan fingerprint density at radius 2 is 2.05 bits per heavy atom. The Morgan fingerprint density at radius 1 is 1.37 bits per heavy atom. The number of aromatic nitrogens is 2. The molecule has 0 bridgehead atoms. The van der Waals surface area contributed by atoms with Crippen molar-refractivity contribution in [3.8, 4) is 5.75 Å². The van der Waals surface area contributed by atoms with Gasteiger partial charge >= 0.3 is 11.7 Å². The van der Waals surface area contributed by atoms with E-state index in [4.69, 9.17) is 16.3 Å². The van der Waals surface area contributed by atoms with Gasteiger partial charge in [-0.05, 0) is 29.2 Å². The minimum atomic E-state index is -0.677. The van der Waals surface area contributed by atoms with E-state index in [2.05, 4.69) is 5.10 Å². The lowest BCUT2D eigenvalue weighted by Gasteiger charge is -2.03. The van der Waals surface area contributed by atoms with Crippen LogP contribution in [0.3, 0.4) is 0 Å². The summed E-state index contributed by atoms with van der Waals surface area (Å²) in [6.45, 7) is -0.277. The van der Waals surface area contributed by atoms with E-state index in [-0.39, 0.29) is 12.4 Å². The molecule has 0 saturated carbocycles. The van der Waals surface area contributed by atoms with Gasteiger partial charge < -0.3 is 14.9 Å². The fraction of sp³-hybridized carbons (Fsp3) is 0.0909. The number of ether oxygens (including phenoxy) is 1. The van der Waals surface area contributed by atoms with Crippen LogP contribution in [0.2, 0.25) is 5.02 Å². The highest BCUT2D eigenvalue weighted by molar-refractivity contribution is 6.30. The van der Waals surface area contributed by atoms with Crippen LogP contribution in [0.15, 0.2) is 36.5 Å². The molecular formula is C11H8ClN3O4. The predicted molar refractivity (Wildman–Crippen MR) is 66.5 cm³/mol. The lowest BCUT2D eigenvalue weighted by atomic mass is 10.3. The molecule has 0 amide bonds. The third-order valence-corrected chi connectivity index (χ3v) is 2.45. The molecule has 0 atom stereocenters. The minimum Gasteiger partial charge on any atom is -0.484 e. The van der Waals surface area contributed by atoms with Gasteiger partial charge in [0.15, 0.2) is 6.61 Å². The number of hydrogen-bond donors (Lipinski definition) is 0. The number of carbonyl (C=O) groups is 1. The second-order valence-electron chi connectivity index (χ2n) is 3.51. The van der Waals surface area contributed by atoms with E-state index in [0.717, 1.165) is 10.7 Å². The molecule has 0 unspecified atom stereocenters. The zero-order valence-corrected chi connectivity index (χ0v) is 10.3. The molecule has 8 heteroatoms. The van der Waals surface area contributed by atoms with Crippen LogP contribution in [0.1, 0.15) is 4.79 Å². The van der Waals surface area contributed by atoms with Crippen LogP contribution in [0.25, 0.3) is 0 Å². The van der Waals surface area contributed by atoms with Crippen molar-refractivity contribution in [3.05, 3.63) is 51.7 Å². The quantitative estimate of drug-likeness (QED) is 0.633. The molecule has 0 saturated heterocycles. The van der Waals surface area contributed by atoms with Crippen LogP contribution >= 0.6 is 11.6 Å². The van der Waals surface area contributed by atoms with Gasteiger partial charge in [0.2, 0.25) is 0 Å². The van der Waals surface area contributed by atoms with Gasteiger partial charge in [-0.1, -0.05) is 11.6 Å². The van der Waals surface area contributed by atoms with Crippen molar-refractivity contribution in [1.82, 2.24) is 9.78 Å². The molecule has 2 rings (SSSR count). The van der Waals surface area contributed by atoms with Gasteiger partial charge in [-0.15, -0.1) is 4.68 Å². The van der Waals surface area contributed by atoms with Gasteiger partial charge in [-0.25, -0.2) is 0 Å². The van der Waals surface area contributed by atoms with Crippen LogP contribution in [-0.4, -0.2) is 27.2 Å². The first-order chi connectivity index (χ1) is 9.06. The van der Waals surface area contributed by atoms with Crippen molar-refractivity contribution in [2.75, 3.05) is 6.61 Å². The average molecular weight is 282 g/mol. The van der Waals surface area contributed by atoms with Crippen LogP contribution in [0.4, 0.5) is 5.82 Å². The Balaban J connectivity index is 1.97. The van der Waals surface area contributed by atoms with Gasteiger partial charge in [0.25, 0.3) is 0 Å². The number of carbonyl (C=O) groups excluding carboxylic acids is 1. The smallest absolute Gasteiger partial charge is 0.390 e. The van der Waals surface area contributed by atoms with Crippen molar-refractivity contribution >= 4 is 23.3 Å². The molecule has 2 aromatic rings. The molecule has 0 radical (unpaired) electrons. The summed E-state index contributed by atoms with van der Waals surface area (Å²) in [5.41, 5.74) is 0. The molecule has 0 aliphatic rings. The lowest BCUT2D eigenvalue weighted by Crippen LogP contribution is -2.19. The second kappa shape index (κ2) is 5.49. The van der Waals surface area contributed by atoms with Crippen molar-refractivity contribution in [2.45, 2.75) is 0 Å². The summed E-state index contributed by atoms with van der Waals surface area (Å²) < 4.78 is 6.08. The fourth-order valence-corrected chi connectivity index (χ4v) is 1.42. The van der Waals surface area contributed by atoms with E-state index in [0.29, 0.717) is 10.8 Å². The molecule has 19 heavy (non-hydrogen) atoms. The topological polar surface area (TPSA) is 87.3 Å². The zero-order valence-electron chi connectivity index (χ0n) is 9.52. The first-order valence-corrected chi connectivity index (χ1v) is 5.55. The van der Waals surface area contributed by atoms with E-state index < -0.39 is 10.8 Å². The minimum absolute atomic E-state index is 0.277. The van der Waals surface area contributed by atoms with Crippen LogP contribution in [0, 0.1) is 10.1 Å². The van der Waals surface area contributed by atoms with E-state index in [1.54, 1.807) is 24.3 Å². The highest BCUT2D eigenvalue weighted by Crippen LogP contribution is 2.15. The first-order valence-electron chi connectivity index (χ1n) is 5.18. The SMILES string of the molecule is O=C(COc1ccc(Cl)cc1)n1ccc([N+](=O)[O-])n1. The summed E-state index contributed by atoms with van der Waals surface area (Å²) in [5, 5.41) is 14.5. The summed E-state index contributed by atoms with van der Waals surface area (Å²) in [6.07, 6.45) is 1.21. The summed E-state index contributed by atoms with van der Waals surface area (Å²) in [7, 11) is 0. The molecule has 1 aromatic carbocycles. The third kappa shape index (κ3) is 3.29. The molecule has 0 aliphatic heterocycles. The van der Waals surface area contributed by atoms with Crippen molar-refractivity contribution < 1.29 is 14.5 Å². The highest BCUT2D eigenvalue weighted by Gasteiger charge is 2.16. The molecule has 1 heterocycles. The van der Waals surface area contributed by atoms with E-state index in [9.17, 15) is 14.9 Å². The summed E-state index contributed by atoms with van der Waals surface area (Å²) in [5.74, 6) is -0.428. The molecule has 98 valence electrons. The van der Waals surface area contributed by atoms with Crippen LogP contribution < -0.4 is 4.74 Å². The maximum atomic E-state index is 11.6. The number of nitrogens with zero attached hydrogens (tertiary/aromatic N) is 3. The maximum Gasteiger partial charge on any atom is 0.390 e. The standard InChI is InChI=1S/C11H8ClN3O4/c12-8-1-3-9(4-2-8)19-7-11(16)14-6-5-10(13-14)15(17)18/h1-6H,7H2. The summed E-state index contributed by atoms with van der Waals surface area (Å²) in [4.78, 5) is 21.4. The number of nitro groups is 1. The summed E-state index contributed by atoms with van der Waals surface area (Å²) in [6, 6.07) is 7.61. The van der Waals surface area contributed by atoms with Gasteiger partial charge in [0.1, 0.15) is 5.75 Å². The zero-order chi connectivity index (χ0) is 13.8. The normalized spacial score (nSPS) is 10.2. The van der Waals surface area contributed by atoms with E-state index in [1.807, 2.05) is 0 Å². The van der Waals surface area contributed by atoms with Crippen molar-refractivity contribution in [2.24, 2.45) is 0 Å². The maximum absolute atomic E-state index is 11.6. The number of hydrogen-bond acceptors (Lipinski definition) is 5.